The van der Waals surface area contributed by atoms with Gasteiger partial charge in [-0.2, -0.15) is 0 Å². The monoisotopic (exact) mass is 295 g/mol. The summed E-state index contributed by atoms with van der Waals surface area (Å²) in [5, 5.41) is 1.58. The zero-order valence-electron chi connectivity index (χ0n) is 8.74. The number of hydrogen-bond donors (Lipinski definition) is 0. The molecule has 0 amide bonds. The van der Waals surface area contributed by atoms with E-state index in [1.165, 1.54) is 0 Å². The van der Waals surface area contributed by atoms with E-state index in [0.29, 0.717) is 11.0 Å². The first-order chi connectivity index (χ1) is 7.72. The van der Waals surface area contributed by atoms with Gasteiger partial charge in [0.2, 0.25) is 0 Å². The second-order valence-electron chi connectivity index (χ2n) is 3.35. The first-order valence-electron chi connectivity index (χ1n) is 4.84. The van der Waals surface area contributed by atoms with Crippen LogP contribution in [-0.2, 0) is 5.33 Å². The maximum atomic E-state index is 11.4. The summed E-state index contributed by atoms with van der Waals surface area (Å²) in [7, 11) is 0. The summed E-state index contributed by atoms with van der Waals surface area (Å²) in [6, 6.07) is 9.91. The van der Waals surface area contributed by atoms with Crippen LogP contribution >= 0.6 is 27.3 Å². The van der Waals surface area contributed by atoms with Gasteiger partial charge < -0.3 is 0 Å². The van der Waals surface area contributed by atoms with Gasteiger partial charge in [-0.15, -0.1) is 11.3 Å². The molecule has 0 fully saturated rings. The number of rotatable bonds is 3. The molecule has 0 aliphatic rings. The Labute approximate surface area is 106 Å². The minimum atomic E-state index is 0.0212. The summed E-state index contributed by atoms with van der Waals surface area (Å²) in [5.41, 5.74) is 1.64. The largest absolute Gasteiger partial charge is 0.293 e. The zero-order chi connectivity index (χ0) is 11.5. The number of halogens is 1. The Hall–Kier alpha value is -1.00. The second kappa shape index (κ2) is 4.89. The van der Waals surface area contributed by atoms with Crippen molar-refractivity contribution in [3.8, 4) is 10.6 Å². The van der Waals surface area contributed by atoms with Crippen LogP contribution in [0.3, 0.4) is 0 Å². The van der Waals surface area contributed by atoms with Gasteiger partial charge in [0.1, 0.15) is 10.7 Å². The predicted molar refractivity (Wildman–Crippen MR) is 70.2 cm³/mol. The number of benzene rings is 1. The van der Waals surface area contributed by atoms with E-state index in [2.05, 4.69) is 20.9 Å². The van der Waals surface area contributed by atoms with Crippen molar-refractivity contribution < 1.29 is 4.79 Å². The minimum Gasteiger partial charge on any atom is -0.293 e. The van der Waals surface area contributed by atoms with E-state index in [1.807, 2.05) is 30.3 Å². The smallest absolute Gasteiger partial charge is 0.179 e. The fraction of sp³-hybridized carbons (Fsp3) is 0.167. The third-order valence-electron chi connectivity index (χ3n) is 2.17. The molecular weight excluding hydrogens is 286 g/mol. The summed E-state index contributed by atoms with van der Waals surface area (Å²) in [4.78, 5) is 16.8. The average Bonchev–Trinajstić information content (AvgIpc) is 2.74. The highest BCUT2D eigenvalue weighted by Crippen LogP contribution is 2.29. The number of aromatic nitrogens is 1. The number of ketones is 1. The maximum Gasteiger partial charge on any atom is 0.179 e. The van der Waals surface area contributed by atoms with E-state index in [-0.39, 0.29) is 5.78 Å². The first-order valence-corrected chi connectivity index (χ1v) is 6.78. The Morgan fingerprint density at radius 2 is 2.06 bits per heavy atom. The van der Waals surface area contributed by atoms with Gasteiger partial charge in [-0.3, -0.25) is 4.79 Å². The number of hydrogen-bond acceptors (Lipinski definition) is 3. The van der Waals surface area contributed by atoms with Gasteiger partial charge in [-0.05, 0) is 0 Å². The fourth-order valence-corrected chi connectivity index (χ4v) is 3.00. The number of nitrogens with zero attached hydrogens (tertiary/aromatic N) is 1. The molecule has 2 rings (SSSR count). The summed E-state index contributed by atoms with van der Waals surface area (Å²) in [5.74, 6) is 0.0212. The molecule has 0 N–H and O–H groups in total. The highest BCUT2D eigenvalue weighted by atomic mass is 79.9. The van der Waals surface area contributed by atoms with Crippen molar-refractivity contribution in [3.05, 3.63) is 40.9 Å². The molecule has 1 aromatic heterocycles. The van der Waals surface area contributed by atoms with Crippen molar-refractivity contribution >= 4 is 33.0 Å². The van der Waals surface area contributed by atoms with Crippen LogP contribution in [0.2, 0.25) is 0 Å². The van der Waals surface area contributed by atoms with Gasteiger partial charge in [0.15, 0.2) is 5.78 Å². The second-order valence-corrected chi connectivity index (χ2v) is 4.99. The number of Topliss-reactive ketones (excluding diaryl/α,β-unsaturated/α-hetero) is 1. The van der Waals surface area contributed by atoms with Crippen molar-refractivity contribution in [2.45, 2.75) is 12.3 Å². The third kappa shape index (κ3) is 2.23. The van der Waals surface area contributed by atoms with E-state index in [9.17, 15) is 4.79 Å². The van der Waals surface area contributed by atoms with Gasteiger partial charge in [0, 0.05) is 22.7 Å². The number of thiazole rings is 1. The molecule has 16 heavy (non-hydrogen) atoms. The molecule has 0 bridgehead atoms. The zero-order valence-corrected chi connectivity index (χ0v) is 11.1. The van der Waals surface area contributed by atoms with Gasteiger partial charge in [-0.25, -0.2) is 4.98 Å². The molecule has 2 aromatic rings. The molecule has 4 heteroatoms. The van der Waals surface area contributed by atoms with Gasteiger partial charge in [-0.1, -0.05) is 46.3 Å². The Morgan fingerprint density at radius 1 is 1.38 bits per heavy atom. The van der Waals surface area contributed by atoms with Crippen LogP contribution in [0.4, 0.5) is 0 Å². The molecule has 82 valence electrons. The molecule has 0 saturated heterocycles. The highest BCUT2D eigenvalue weighted by Gasteiger charge is 2.14. The molecule has 0 unspecified atom stereocenters. The molecule has 1 aromatic carbocycles. The SMILES string of the molecule is CC(=O)c1nc(-c2ccccc2)sc1CBr. The van der Waals surface area contributed by atoms with E-state index < -0.39 is 0 Å². The van der Waals surface area contributed by atoms with E-state index in [1.54, 1.807) is 18.3 Å². The van der Waals surface area contributed by atoms with Crippen molar-refractivity contribution in [2.75, 3.05) is 0 Å². The molecular formula is C12H10BrNOS. The number of alkyl halides is 1. The molecule has 0 aliphatic carbocycles. The van der Waals surface area contributed by atoms with Crippen molar-refractivity contribution in [2.24, 2.45) is 0 Å². The van der Waals surface area contributed by atoms with Gasteiger partial charge >= 0.3 is 0 Å². The number of carbonyl (C=O) groups excluding carboxylic acids is 1. The molecule has 0 aliphatic heterocycles. The van der Waals surface area contributed by atoms with Crippen LogP contribution in [0.15, 0.2) is 30.3 Å². The minimum absolute atomic E-state index is 0.0212. The van der Waals surface area contributed by atoms with Crippen LogP contribution < -0.4 is 0 Å². The molecule has 2 nitrogen and oxygen atoms in total. The van der Waals surface area contributed by atoms with Crippen molar-refractivity contribution in [1.29, 1.82) is 0 Å². The molecule has 0 radical (unpaired) electrons. The van der Waals surface area contributed by atoms with Crippen LogP contribution in [0.1, 0.15) is 22.3 Å². The third-order valence-corrected chi connectivity index (χ3v) is 4.21. The van der Waals surface area contributed by atoms with Crippen LogP contribution in [-0.4, -0.2) is 10.8 Å². The molecule has 1 heterocycles. The summed E-state index contributed by atoms with van der Waals surface area (Å²) in [6.45, 7) is 1.55. The van der Waals surface area contributed by atoms with Crippen LogP contribution in [0, 0.1) is 0 Å². The fourth-order valence-electron chi connectivity index (χ4n) is 1.42. The predicted octanol–water partition coefficient (Wildman–Crippen LogP) is 3.91. The van der Waals surface area contributed by atoms with Gasteiger partial charge in [0.25, 0.3) is 0 Å². The average molecular weight is 296 g/mol. The lowest BCUT2D eigenvalue weighted by molar-refractivity contribution is 0.101. The number of carbonyl (C=O) groups is 1. The van der Waals surface area contributed by atoms with Crippen molar-refractivity contribution in [3.63, 3.8) is 0 Å². The molecule has 0 atom stereocenters. The highest BCUT2D eigenvalue weighted by molar-refractivity contribution is 9.08. The normalized spacial score (nSPS) is 10.4. The molecule has 0 spiro atoms. The molecule has 0 saturated carbocycles. The lowest BCUT2D eigenvalue weighted by Gasteiger charge is -1.92. The summed E-state index contributed by atoms with van der Waals surface area (Å²) < 4.78 is 0. The standard InChI is InChI=1S/C12H10BrNOS/c1-8(15)11-10(7-13)16-12(14-11)9-5-3-2-4-6-9/h2-6H,7H2,1H3. The lowest BCUT2D eigenvalue weighted by Crippen LogP contribution is -1.95. The quantitative estimate of drug-likeness (QED) is 0.635. The van der Waals surface area contributed by atoms with Gasteiger partial charge in [0.05, 0.1) is 0 Å². The topological polar surface area (TPSA) is 30.0 Å². The lowest BCUT2D eigenvalue weighted by atomic mass is 10.2. The Bertz CT molecular complexity index is 507. The Morgan fingerprint density at radius 3 is 2.56 bits per heavy atom. The maximum absolute atomic E-state index is 11.4. The van der Waals surface area contributed by atoms with Crippen LogP contribution in [0.5, 0.6) is 0 Å². The Kier molecular flexibility index (Phi) is 3.51. The van der Waals surface area contributed by atoms with Crippen molar-refractivity contribution in [1.82, 2.24) is 4.98 Å². The van der Waals surface area contributed by atoms with E-state index in [0.717, 1.165) is 15.4 Å². The Balaban J connectivity index is 2.48. The van der Waals surface area contributed by atoms with E-state index >= 15 is 0 Å². The van der Waals surface area contributed by atoms with E-state index in [4.69, 9.17) is 0 Å². The summed E-state index contributed by atoms with van der Waals surface area (Å²) >= 11 is 4.94. The summed E-state index contributed by atoms with van der Waals surface area (Å²) in [6.07, 6.45) is 0. The van der Waals surface area contributed by atoms with Crippen LogP contribution in [0.25, 0.3) is 10.6 Å². The first kappa shape index (κ1) is 11.5.